The Hall–Kier alpha value is -2.54. The largest absolute Gasteiger partial charge is 0.364 e. The maximum Gasteiger partial charge on any atom is 0.0451 e. The van der Waals surface area contributed by atoms with Gasteiger partial charge in [-0.3, -0.25) is 0 Å². The molecule has 0 saturated heterocycles. The first-order valence-electron chi connectivity index (χ1n) is 7.14. The third kappa shape index (κ3) is 4.22. The van der Waals surface area contributed by atoms with Crippen LogP contribution in [0, 0.1) is 0 Å². The molecule has 0 fully saturated rings. The van der Waals surface area contributed by atoms with Crippen molar-refractivity contribution in [3.8, 4) is 0 Å². The van der Waals surface area contributed by atoms with Gasteiger partial charge in [0.1, 0.15) is 0 Å². The van der Waals surface area contributed by atoms with Crippen LogP contribution >= 0.6 is 0 Å². The molecule has 0 saturated carbocycles. The van der Waals surface area contributed by atoms with Gasteiger partial charge in [-0.25, -0.2) is 0 Å². The van der Waals surface area contributed by atoms with E-state index < -0.39 is 0 Å². The average Bonchev–Trinajstić information content (AvgIpc) is 2.54. The lowest BCUT2D eigenvalue weighted by Gasteiger charge is -2.25. The topological polar surface area (TPSA) is 3.24 Å². The number of hydrogen-bond donors (Lipinski definition) is 0. The Kier molecular flexibility index (Phi) is 5.60. The van der Waals surface area contributed by atoms with Gasteiger partial charge in [-0.2, -0.15) is 0 Å². The number of benzene rings is 2. The van der Waals surface area contributed by atoms with Crippen LogP contribution < -0.4 is 0 Å². The van der Waals surface area contributed by atoms with Crippen LogP contribution in [0.25, 0.3) is 11.8 Å². The average molecular weight is 275 g/mol. The minimum absolute atomic E-state index is 0.791. The fourth-order valence-corrected chi connectivity index (χ4v) is 2.26. The van der Waals surface area contributed by atoms with Gasteiger partial charge < -0.3 is 4.90 Å². The molecule has 0 atom stereocenters. The van der Waals surface area contributed by atoms with Gasteiger partial charge in [-0.05, 0) is 17.2 Å². The fraction of sp³-hybridized carbons (Fsp3) is 0.100. The molecule has 0 aliphatic carbocycles. The monoisotopic (exact) mass is 275 g/mol. The van der Waals surface area contributed by atoms with E-state index in [1.165, 1.54) is 16.8 Å². The van der Waals surface area contributed by atoms with E-state index in [4.69, 9.17) is 0 Å². The molecule has 2 aromatic rings. The first kappa shape index (κ1) is 14.9. The van der Waals surface area contributed by atoms with Crippen molar-refractivity contribution in [3.05, 3.63) is 97.1 Å². The van der Waals surface area contributed by atoms with Crippen molar-refractivity contribution < 1.29 is 0 Å². The molecule has 1 nitrogen and oxygen atoms in total. The second-order valence-corrected chi connectivity index (χ2v) is 4.79. The van der Waals surface area contributed by atoms with Gasteiger partial charge in [0.15, 0.2) is 0 Å². The van der Waals surface area contributed by atoms with Gasteiger partial charge in [-0.15, -0.1) is 13.2 Å². The molecule has 0 amide bonds. The highest BCUT2D eigenvalue weighted by molar-refractivity contribution is 5.80. The van der Waals surface area contributed by atoms with Gasteiger partial charge in [0, 0.05) is 18.8 Å². The van der Waals surface area contributed by atoms with Crippen LogP contribution in [-0.4, -0.2) is 18.0 Å². The summed E-state index contributed by atoms with van der Waals surface area (Å²) in [4.78, 5) is 2.27. The van der Waals surface area contributed by atoms with E-state index in [-0.39, 0.29) is 0 Å². The summed E-state index contributed by atoms with van der Waals surface area (Å²) in [6, 6.07) is 20.8. The van der Waals surface area contributed by atoms with E-state index in [9.17, 15) is 0 Å². The molecule has 2 rings (SSSR count). The molecule has 0 radical (unpaired) electrons. The van der Waals surface area contributed by atoms with E-state index in [0.717, 1.165) is 13.1 Å². The Morgan fingerprint density at radius 3 is 1.86 bits per heavy atom. The minimum atomic E-state index is 0.791. The van der Waals surface area contributed by atoms with Gasteiger partial charge >= 0.3 is 0 Å². The molecule has 2 aromatic carbocycles. The van der Waals surface area contributed by atoms with Crippen molar-refractivity contribution >= 4 is 11.8 Å². The summed E-state index contributed by atoms with van der Waals surface area (Å²) in [5, 5.41) is 0. The predicted octanol–water partition coefficient (Wildman–Crippen LogP) is 4.86. The molecule has 0 aliphatic rings. The third-order valence-electron chi connectivity index (χ3n) is 3.21. The highest BCUT2D eigenvalue weighted by Crippen LogP contribution is 2.22. The highest BCUT2D eigenvalue weighted by Gasteiger charge is 2.09. The molecule has 0 N–H and O–H groups in total. The van der Waals surface area contributed by atoms with Gasteiger partial charge in [0.05, 0.1) is 0 Å². The van der Waals surface area contributed by atoms with Crippen LogP contribution in [-0.2, 0) is 0 Å². The van der Waals surface area contributed by atoms with E-state index >= 15 is 0 Å². The Morgan fingerprint density at radius 1 is 0.810 bits per heavy atom. The van der Waals surface area contributed by atoms with Gasteiger partial charge in [-0.1, -0.05) is 72.8 Å². The van der Waals surface area contributed by atoms with Crippen LogP contribution in [0.5, 0.6) is 0 Å². The van der Waals surface area contributed by atoms with Crippen molar-refractivity contribution in [2.75, 3.05) is 13.1 Å². The molecule has 21 heavy (non-hydrogen) atoms. The van der Waals surface area contributed by atoms with Crippen LogP contribution in [0.1, 0.15) is 11.1 Å². The Labute approximate surface area is 127 Å². The molecule has 106 valence electrons. The molecule has 0 spiro atoms. The first-order valence-corrected chi connectivity index (χ1v) is 7.14. The summed E-state index contributed by atoms with van der Waals surface area (Å²) < 4.78 is 0. The van der Waals surface area contributed by atoms with Gasteiger partial charge in [0.25, 0.3) is 0 Å². The van der Waals surface area contributed by atoms with Crippen molar-refractivity contribution in [1.29, 1.82) is 0 Å². The van der Waals surface area contributed by atoms with Crippen molar-refractivity contribution in [3.63, 3.8) is 0 Å². The van der Waals surface area contributed by atoms with Crippen molar-refractivity contribution in [1.82, 2.24) is 4.90 Å². The lowest BCUT2D eigenvalue weighted by molar-refractivity contribution is 0.490. The molecule has 0 aliphatic heterocycles. The molecular formula is C20H21N. The van der Waals surface area contributed by atoms with E-state index in [2.05, 4.69) is 72.7 Å². The normalized spacial score (nSPS) is 11.0. The maximum atomic E-state index is 3.86. The predicted molar refractivity (Wildman–Crippen MR) is 92.7 cm³/mol. The van der Waals surface area contributed by atoms with E-state index in [1.807, 2.05) is 24.3 Å². The number of rotatable bonds is 7. The zero-order valence-electron chi connectivity index (χ0n) is 12.3. The summed E-state index contributed by atoms with van der Waals surface area (Å²) >= 11 is 0. The molecule has 0 bridgehead atoms. The SMILES string of the molecule is C=CCN(CC=C)C(=Cc1ccccc1)c1ccccc1. The minimum Gasteiger partial charge on any atom is -0.364 e. The smallest absolute Gasteiger partial charge is 0.0451 e. The quantitative estimate of drug-likeness (QED) is 0.515. The summed E-state index contributed by atoms with van der Waals surface area (Å²) in [5.74, 6) is 0. The third-order valence-corrected chi connectivity index (χ3v) is 3.21. The van der Waals surface area contributed by atoms with E-state index in [1.54, 1.807) is 0 Å². The molecular weight excluding hydrogens is 254 g/mol. The van der Waals surface area contributed by atoms with Gasteiger partial charge in [0.2, 0.25) is 0 Å². The zero-order valence-corrected chi connectivity index (χ0v) is 12.3. The summed E-state index contributed by atoms with van der Waals surface area (Å²) in [5.41, 5.74) is 3.57. The summed E-state index contributed by atoms with van der Waals surface area (Å²) in [7, 11) is 0. The molecule has 1 heteroatoms. The molecule has 0 heterocycles. The van der Waals surface area contributed by atoms with Crippen LogP contribution in [0.2, 0.25) is 0 Å². The fourth-order valence-electron chi connectivity index (χ4n) is 2.26. The molecule has 0 unspecified atom stereocenters. The standard InChI is InChI=1S/C20H21N/c1-3-15-21(16-4-2)20(19-13-9-6-10-14-19)17-18-11-7-5-8-12-18/h3-14,17H,1-2,15-16H2. The van der Waals surface area contributed by atoms with Crippen LogP contribution in [0.4, 0.5) is 0 Å². The van der Waals surface area contributed by atoms with Crippen molar-refractivity contribution in [2.24, 2.45) is 0 Å². The second-order valence-electron chi connectivity index (χ2n) is 4.79. The lowest BCUT2D eigenvalue weighted by atomic mass is 10.1. The summed E-state index contributed by atoms with van der Waals surface area (Å²) in [6.07, 6.45) is 6.05. The Bertz CT molecular complexity index is 586. The summed E-state index contributed by atoms with van der Waals surface area (Å²) in [6.45, 7) is 9.31. The van der Waals surface area contributed by atoms with Crippen LogP contribution in [0.3, 0.4) is 0 Å². The number of hydrogen-bond acceptors (Lipinski definition) is 1. The van der Waals surface area contributed by atoms with Crippen LogP contribution in [0.15, 0.2) is 86.0 Å². The van der Waals surface area contributed by atoms with Crippen molar-refractivity contribution in [2.45, 2.75) is 0 Å². The maximum absolute atomic E-state index is 3.86. The highest BCUT2D eigenvalue weighted by atomic mass is 15.1. The second kappa shape index (κ2) is 7.91. The van der Waals surface area contributed by atoms with E-state index in [0.29, 0.717) is 0 Å². The Morgan fingerprint density at radius 2 is 1.33 bits per heavy atom. The molecule has 0 aromatic heterocycles. The lowest BCUT2D eigenvalue weighted by Crippen LogP contribution is -2.22. The number of nitrogens with zero attached hydrogens (tertiary/aromatic N) is 1. The Balaban J connectivity index is 2.45. The first-order chi connectivity index (χ1) is 10.3. The zero-order chi connectivity index (χ0) is 14.9.